The van der Waals surface area contributed by atoms with Crippen molar-refractivity contribution in [2.45, 2.75) is 6.92 Å². The van der Waals surface area contributed by atoms with Crippen molar-refractivity contribution in [3.8, 4) is 23.0 Å². The molecule has 3 rings (SSSR count). The Balaban J connectivity index is 2.54. The van der Waals surface area contributed by atoms with Gasteiger partial charge in [0.25, 0.3) is 0 Å². The van der Waals surface area contributed by atoms with E-state index < -0.39 is 0 Å². The molecular weight excluding hydrogens is 256 g/mol. The maximum Gasteiger partial charge on any atom is 0.138 e. The summed E-state index contributed by atoms with van der Waals surface area (Å²) in [7, 11) is 1.51. The molecule has 0 fully saturated rings. The summed E-state index contributed by atoms with van der Waals surface area (Å²) in [5, 5.41) is 32.4. The zero-order chi connectivity index (χ0) is 14.4. The van der Waals surface area contributed by atoms with Crippen LogP contribution in [0.4, 0.5) is 0 Å². The molecule has 0 atom stereocenters. The highest BCUT2D eigenvalue weighted by Gasteiger charge is 2.15. The third-order valence-corrected chi connectivity index (χ3v) is 3.43. The number of aryl methyl sites for hydroxylation is 1. The Morgan fingerprint density at radius 3 is 2.05 bits per heavy atom. The first-order chi connectivity index (χ1) is 9.51. The molecule has 0 spiro atoms. The van der Waals surface area contributed by atoms with Crippen LogP contribution in [-0.4, -0.2) is 22.4 Å². The van der Waals surface area contributed by atoms with Crippen LogP contribution < -0.4 is 4.74 Å². The van der Waals surface area contributed by atoms with E-state index in [4.69, 9.17) is 4.74 Å². The van der Waals surface area contributed by atoms with Crippen LogP contribution in [0.1, 0.15) is 5.56 Å². The molecule has 0 amide bonds. The molecule has 0 saturated carbocycles. The predicted octanol–water partition coefficient (Wildman–Crippen LogP) is 3.43. The Morgan fingerprint density at radius 1 is 0.800 bits per heavy atom. The lowest BCUT2D eigenvalue weighted by Crippen LogP contribution is -1.86. The van der Waals surface area contributed by atoms with E-state index in [-0.39, 0.29) is 17.2 Å². The summed E-state index contributed by atoms with van der Waals surface area (Å²) in [6, 6.07) is 8.41. The lowest BCUT2D eigenvalue weighted by Gasteiger charge is -2.11. The molecule has 0 bridgehead atoms. The van der Waals surface area contributed by atoms with Crippen molar-refractivity contribution in [2.24, 2.45) is 0 Å². The molecule has 0 aliphatic heterocycles. The second-order valence-electron chi connectivity index (χ2n) is 4.85. The maximum atomic E-state index is 10.4. The number of phenols is 3. The highest BCUT2D eigenvalue weighted by Crippen LogP contribution is 2.44. The number of aromatic hydroxyl groups is 3. The summed E-state index contributed by atoms with van der Waals surface area (Å²) in [6.07, 6.45) is 0. The van der Waals surface area contributed by atoms with E-state index in [2.05, 4.69) is 0 Å². The molecule has 4 heteroatoms. The largest absolute Gasteiger partial charge is 0.507 e. The number of hydrogen-bond donors (Lipinski definition) is 3. The first-order valence-corrected chi connectivity index (χ1v) is 6.17. The van der Waals surface area contributed by atoms with Crippen molar-refractivity contribution in [1.29, 1.82) is 0 Å². The molecule has 0 unspecified atom stereocenters. The molecule has 3 aromatic rings. The molecule has 0 aliphatic carbocycles. The minimum atomic E-state index is -0.129. The third kappa shape index (κ3) is 1.69. The van der Waals surface area contributed by atoms with E-state index >= 15 is 0 Å². The fourth-order valence-corrected chi connectivity index (χ4v) is 2.57. The summed E-state index contributed by atoms with van der Waals surface area (Å²) in [5.41, 5.74) is 0.890. The molecule has 0 saturated heterocycles. The fourth-order valence-electron chi connectivity index (χ4n) is 2.57. The molecule has 102 valence electrons. The number of rotatable bonds is 1. The Labute approximate surface area is 115 Å². The fraction of sp³-hybridized carbons (Fsp3) is 0.125. The van der Waals surface area contributed by atoms with Crippen molar-refractivity contribution >= 4 is 21.5 Å². The van der Waals surface area contributed by atoms with E-state index in [0.29, 0.717) is 27.3 Å². The predicted molar refractivity (Wildman–Crippen MR) is 77.7 cm³/mol. The molecule has 4 nitrogen and oxygen atoms in total. The molecule has 0 radical (unpaired) electrons. The Kier molecular flexibility index (Phi) is 2.61. The number of fused-ring (bicyclic) bond motifs is 2. The van der Waals surface area contributed by atoms with Crippen LogP contribution in [0.15, 0.2) is 30.3 Å². The normalized spacial score (nSPS) is 11.1. The monoisotopic (exact) mass is 270 g/mol. The van der Waals surface area contributed by atoms with Crippen LogP contribution >= 0.6 is 0 Å². The van der Waals surface area contributed by atoms with Crippen molar-refractivity contribution in [3.63, 3.8) is 0 Å². The first kappa shape index (κ1) is 12.4. The second-order valence-corrected chi connectivity index (χ2v) is 4.85. The average Bonchev–Trinajstić information content (AvgIpc) is 2.36. The van der Waals surface area contributed by atoms with Crippen LogP contribution in [-0.2, 0) is 0 Å². The van der Waals surface area contributed by atoms with Gasteiger partial charge in [-0.1, -0.05) is 6.07 Å². The van der Waals surface area contributed by atoms with Crippen LogP contribution in [0.25, 0.3) is 21.5 Å². The van der Waals surface area contributed by atoms with Crippen molar-refractivity contribution in [3.05, 3.63) is 35.9 Å². The molecule has 0 aliphatic rings. The van der Waals surface area contributed by atoms with Gasteiger partial charge < -0.3 is 20.1 Å². The van der Waals surface area contributed by atoms with Crippen LogP contribution in [0.3, 0.4) is 0 Å². The van der Waals surface area contributed by atoms with Gasteiger partial charge in [0, 0.05) is 6.07 Å². The van der Waals surface area contributed by atoms with E-state index in [1.54, 1.807) is 18.2 Å². The lowest BCUT2D eigenvalue weighted by atomic mass is 9.99. The van der Waals surface area contributed by atoms with Gasteiger partial charge in [-0.2, -0.15) is 0 Å². The number of ether oxygens (including phenoxy) is 1. The first-order valence-electron chi connectivity index (χ1n) is 6.17. The Morgan fingerprint density at radius 2 is 1.40 bits per heavy atom. The van der Waals surface area contributed by atoms with Crippen LogP contribution in [0.5, 0.6) is 23.0 Å². The van der Waals surface area contributed by atoms with E-state index in [0.717, 1.165) is 5.56 Å². The number of benzene rings is 3. The molecule has 3 N–H and O–H groups in total. The third-order valence-electron chi connectivity index (χ3n) is 3.43. The summed E-state index contributed by atoms with van der Waals surface area (Å²) in [5.74, 6) is 0.286. The van der Waals surface area contributed by atoms with Gasteiger partial charge in [-0.15, -0.1) is 0 Å². The molecule has 0 heterocycles. The average molecular weight is 270 g/mol. The van der Waals surface area contributed by atoms with E-state index in [1.165, 1.54) is 13.2 Å². The summed E-state index contributed by atoms with van der Waals surface area (Å²) in [4.78, 5) is 0. The van der Waals surface area contributed by atoms with Gasteiger partial charge in [0.05, 0.1) is 17.9 Å². The van der Waals surface area contributed by atoms with E-state index in [1.807, 2.05) is 13.0 Å². The molecular formula is C16H14O4. The number of methoxy groups -OCH3 is 1. The van der Waals surface area contributed by atoms with Crippen LogP contribution in [0, 0.1) is 6.92 Å². The zero-order valence-electron chi connectivity index (χ0n) is 11.1. The Bertz CT molecular complexity index is 837. The van der Waals surface area contributed by atoms with Gasteiger partial charge in [-0.25, -0.2) is 0 Å². The van der Waals surface area contributed by atoms with Gasteiger partial charge in [0.2, 0.25) is 0 Å². The number of hydrogen-bond acceptors (Lipinski definition) is 4. The number of phenolic OH excluding ortho intramolecular Hbond substituents is 3. The molecule has 0 aromatic heterocycles. The highest BCUT2D eigenvalue weighted by atomic mass is 16.5. The molecule has 20 heavy (non-hydrogen) atoms. The summed E-state index contributed by atoms with van der Waals surface area (Å²) in [6.45, 7) is 1.86. The lowest BCUT2D eigenvalue weighted by molar-refractivity contribution is 0.409. The van der Waals surface area contributed by atoms with Crippen molar-refractivity contribution in [2.75, 3.05) is 7.11 Å². The van der Waals surface area contributed by atoms with E-state index in [9.17, 15) is 15.3 Å². The maximum absolute atomic E-state index is 10.4. The quantitative estimate of drug-likeness (QED) is 0.592. The standard InChI is InChI=1S/C16H14O4/c1-8-3-9-5-10-6-11(20-2)7-13(18)15(10)16(19)14(9)12(17)4-8/h3-7,17-19H,1-2H3. The minimum absolute atomic E-state index is 0.00498. The minimum Gasteiger partial charge on any atom is -0.507 e. The van der Waals surface area contributed by atoms with Crippen molar-refractivity contribution < 1.29 is 20.1 Å². The Hall–Kier alpha value is -2.62. The van der Waals surface area contributed by atoms with Crippen molar-refractivity contribution in [1.82, 2.24) is 0 Å². The molecule has 3 aromatic carbocycles. The summed E-state index contributed by atoms with van der Waals surface area (Å²) < 4.78 is 5.11. The highest BCUT2D eigenvalue weighted by molar-refractivity contribution is 6.10. The van der Waals surface area contributed by atoms with Crippen LogP contribution in [0.2, 0.25) is 0 Å². The van der Waals surface area contributed by atoms with Gasteiger partial charge in [0.15, 0.2) is 0 Å². The van der Waals surface area contributed by atoms with Gasteiger partial charge in [-0.05, 0) is 41.5 Å². The zero-order valence-corrected chi connectivity index (χ0v) is 11.1. The smallest absolute Gasteiger partial charge is 0.138 e. The topological polar surface area (TPSA) is 69.9 Å². The van der Waals surface area contributed by atoms with Gasteiger partial charge >= 0.3 is 0 Å². The summed E-state index contributed by atoms with van der Waals surface area (Å²) >= 11 is 0. The van der Waals surface area contributed by atoms with Gasteiger partial charge in [0.1, 0.15) is 23.0 Å². The SMILES string of the molecule is COc1cc(O)c2c(O)c3c(O)cc(C)cc3cc2c1. The second kappa shape index (κ2) is 4.20. The van der Waals surface area contributed by atoms with Gasteiger partial charge in [-0.3, -0.25) is 0 Å².